The van der Waals surface area contributed by atoms with Crippen LogP contribution in [0.25, 0.3) is 22.6 Å². The monoisotopic (exact) mass is 599 g/mol. The number of amides is 3. The molecule has 0 radical (unpaired) electrons. The molecule has 9 nitrogen and oxygen atoms in total. The lowest BCUT2D eigenvalue weighted by molar-refractivity contribution is -0.123. The summed E-state index contributed by atoms with van der Waals surface area (Å²) < 4.78 is 16.7. The maximum atomic E-state index is 13.7. The van der Waals surface area contributed by atoms with Crippen molar-refractivity contribution in [3.8, 4) is 11.5 Å². The molecule has 4 atom stereocenters. The molecule has 3 amide bonds. The Hall–Kier alpha value is -4.40. The van der Waals surface area contributed by atoms with Crippen LogP contribution in [-0.4, -0.2) is 49.8 Å². The second kappa shape index (κ2) is 13.5. The molecule has 9 heteroatoms. The molecule has 0 saturated heterocycles. The topological polar surface area (TPSA) is 116 Å². The standard InChI is InChI=1S/C35H41N3O6/c1-20-16-24(18-23-11-9-15-29(42-4)33(23)43-5)32-26(17-20)31(25-12-6-7-13-28(25)36-32)34(40)44-19-30(39)38-35(41)37-27-14-8-10-21(2)22(27)3/h6-7,9,11-13,15,18,20-22,27H,8,10,14,16-17,19H2,1-5H3,(H2,37,38,39,41)/b24-18+/t20-,21-,22-,27+/m1/s1. The summed E-state index contributed by atoms with van der Waals surface area (Å²) in [7, 11) is 3.20. The van der Waals surface area contributed by atoms with E-state index in [9.17, 15) is 14.4 Å². The summed E-state index contributed by atoms with van der Waals surface area (Å²) in [6.07, 6.45) is 6.46. The number of rotatable bonds is 7. The SMILES string of the molecule is COc1cccc(/C=C2\C[C@@H](C)Cc3c2nc2ccccc2c3C(=O)OCC(=O)NC(=O)N[C@H]2CCC[C@@H](C)[C@H]2C)c1OC. The first-order chi connectivity index (χ1) is 21.2. The number of benzene rings is 2. The number of pyridine rings is 1. The van der Waals surface area contributed by atoms with Gasteiger partial charge in [-0.3, -0.25) is 10.1 Å². The quantitative estimate of drug-likeness (QED) is 0.312. The first-order valence-corrected chi connectivity index (χ1v) is 15.3. The molecule has 2 N–H and O–H groups in total. The minimum Gasteiger partial charge on any atom is -0.493 e. The van der Waals surface area contributed by atoms with E-state index >= 15 is 0 Å². The van der Waals surface area contributed by atoms with E-state index in [0.29, 0.717) is 46.2 Å². The summed E-state index contributed by atoms with van der Waals surface area (Å²) in [5.41, 5.74) is 4.34. The number of carbonyl (C=O) groups is 3. The van der Waals surface area contributed by atoms with Crippen LogP contribution in [0.4, 0.5) is 4.79 Å². The summed E-state index contributed by atoms with van der Waals surface area (Å²) in [5.74, 6) is 0.969. The predicted octanol–water partition coefficient (Wildman–Crippen LogP) is 6.18. The largest absolute Gasteiger partial charge is 0.493 e. The van der Waals surface area contributed by atoms with Crippen LogP contribution in [0.3, 0.4) is 0 Å². The number of carbonyl (C=O) groups excluding carboxylic acids is 3. The van der Waals surface area contributed by atoms with E-state index in [2.05, 4.69) is 31.4 Å². The minimum atomic E-state index is -0.682. The Bertz CT molecular complexity index is 1600. The maximum absolute atomic E-state index is 13.7. The van der Waals surface area contributed by atoms with Gasteiger partial charge in [0, 0.05) is 17.0 Å². The summed E-state index contributed by atoms with van der Waals surface area (Å²) in [5, 5.41) is 5.89. The molecule has 0 bridgehead atoms. The molecule has 1 aromatic heterocycles. The zero-order valence-electron chi connectivity index (χ0n) is 26.1. The highest BCUT2D eigenvalue weighted by atomic mass is 16.5. The smallest absolute Gasteiger partial charge is 0.339 e. The summed E-state index contributed by atoms with van der Waals surface area (Å²) in [4.78, 5) is 43.9. The second-order valence-corrected chi connectivity index (χ2v) is 12.1. The number of imide groups is 1. The van der Waals surface area contributed by atoms with Crippen molar-refractivity contribution < 1.29 is 28.6 Å². The highest BCUT2D eigenvalue weighted by Gasteiger charge is 2.31. The van der Waals surface area contributed by atoms with E-state index in [1.165, 1.54) is 0 Å². The van der Waals surface area contributed by atoms with Crippen LogP contribution in [0.2, 0.25) is 0 Å². The first kappa shape index (κ1) is 31.0. The average molecular weight is 600 g/mol. The number of hydrogen-bond donors (Lipinski definition) is 2. The van der Waals surface area contributed by atoms with Crippen molar-refractivity contribution in [1.82, 2.24) is 15.6 Å². The van der Waals surface area contributed by atoms with Gasteiger partial charge in [-0.15, -0.1) is 0 Å². The molecule has 2 aromatic carbocycles. The number of nitrogens with one attached hydrogen (secondary N) is 2. The van der Waals surface area contributed by atoms with Crippen LogP contribution < -0.4 is 20.1 Å². The van der Waals surface area contributed by atoms with E-state index in [1.807, 2.05) is 48.5 Å². The van der Waals surface area contributed by atoms with Crippen LogP contribution in [0.1, 0.15) is 73.6 Å². The van der Waals surface area contributed by atoms with Crippen LogP contribution in [0, 0.1) is 17.8 Å². The molecule has 0 aliphatic heterocycles. The average Bonchev–Trinajstić information content (AvgIpc) is 3.01. The molecule has 0 spiro atoms. The fourth-order valence-corrected chi connectivity index (χ4v) is 6.54. The molecule has 5 rings (SSSR count). The van der Waals surface area contributed by atoms with Crippen LogP contribution in [-0.2, 0) is 16.0 Å². The molecule has 3 aromatic rings. The fraction of sp³-hybridized carbons (Fsp3) is 0.429. The number of esters is 1. The molecule has 1 saturated carbocycles. The molecule has 0 unspecified atom stereocenters. The normalized spacial score (nSPS) is 22.2. The Labute approximate surface area is 258 Å². The summed E-state index contributed by atoms with van der Waals surface area (Å²) in [6.45, 7) is 5.85. The van der Waals surface area contributed by atoms with Crippen molar-refractivity contribution in [2.24, 2.45) is 17.8 Å². The number of nitrogens with zero attached hydrogens (tertiary/aromatic N) is 1. The number of fused-ring (bicyclic) bond motifs is 2. The van der Waals surface area contributed by atoms with Gasteiger partial charge >= 0.3 is 12.0 Å². The van der Waals surface area contributed by atoms with Gasteiger partial charge in [0.2, 0.25) is 0 Å². The van der Waals surface area contributed by atoms with Gasteiger partial charge in [-0.05, 0) is 66.4 Å². The van der Waals surface area contributed by atoms with Crippen molar-refractivity contribution in [2.75, 3.05) is 20.8 Å². The third-order valence-electron chi connectivity index (χ3n) is 9.00. The molecule has 2 aliphatic carbocycles. The maximum Gasteiger partial charge on any atom is 0.339 e. The lowest BCUT2D eigenvalue weighted by Crippen LogP contribution is -2.49. The fourth-order valence-electron chi connectivity index (χ4n) is 6.54. The van der Waals surface area contributed by atoms with E-state index in [-0.39, 0.29) is 12.0 Å². The lowest BCUT2D eigenvalue weighted by Gasteiger charge is -2.34. The van der Waals surface area contributed by atoms with Gasteiger partial charge in [0.25, 0.3) is 5.91 Å². The number of methoxy groups -OCH3 is 2. The Morgan fingerprint density at radius 2 is 1.77 bits per heavy atom. The van der Waals surface area contributed by atoms with E-state index in [0.717, 1.165) is 48.1 Å². The number of hydrogen-bond acceptors (Lipinski definition) is 7. The van der Waals surface area contributed by atoms with Gasteiger partial charge in [0.05, 0.1) is 31.0 Å². The highest BCUT2D eigenvalue weighted by molar-refractivity contribution is 6.07. The zero-order chi connectivity index (χ0) is 31.4. The zero-order valence-corrected chi connectivity index (χ0v) is 26.1. The number of ether oxygens (including phenoxy) is 3. The van der Waals surface area contributed by atoms with Crippen LogP contribution >= 0.6 is 0 Å². The first-order valence-electron chi connectivity index (χ1n) is 15.3. The van der Waals surface area contributed by atoms with Gasteiger partial charge in [0.15, 0.2) is 18.1 Å². The summed E-state index contributed by atoms with van der Waals surface area (Å²) in [6, 6.07) is 12.6. The number of aromatic nitrogens is 1. The third-order valence-corrected chi connectivity index (χ3v) is 9.00. The Morgan fingerprint density at radius 1 is 0.977 bits per heavy atom. The van der Waals surface area contributed by atoms with Gasteiger partial charge in [0.1, 0.15) is 0 Å². The van der Waals surface area contributed by atoms with E-state index in [4.69, 9.17) is 19.2 Å². The van der Waals surface area contributed by atoms with Crippen molar-refractivity contribution in [3.63, 3.8) is 0 Å². The third kappa shape index (κ3) is 6.56. The highest BCUT2D eigenvalue weighted by Crippen LogP contribution is 2.41. The Kier molecular flexibility index (Phi) is 9.52. The van der Waals surface area contributed by atoms with Crippen molar-refractivity contribution in [3.05, 3.63) is 64.8 Å². The Balaban J connectivity index is 1.40. The number of para-hydroxylation sites is 2. The van der Waals surface area contributed by atoms with Crippen LogP contribution in [0.15, 0.2) is 42.5 Å². The van der Waals surface area contributed by atoms with Gasteiger partial charge in [-0.1, -0.05) is 63.9 Å². The molecule has 1 heterocycles. The predicted molar refractivity (Wildman–Crippen MR) is 170 cm³/mol. The molecule has 2 aliphatic rings. The second-order valence-electron chi connectivity index (χ2n) is 12.1. The van der Waals surface area contributed by atoms with Crippen molar-refractivity contribution in [2.45, 2.75) is 58.9 Å². The van der Waals surface area contributed by atoms with Gasteiger partial charge in [-0.2, -0.15) is 0 Å². The summed E-state index contributed by atoms with van der Waals surface area (Å²) >= 11 is 0. The van der Waals surface area contributed by atoms with Crippen LogP contribution in [0.5, 0.6) is 11.5 Å². The van der Waals surface area contributed by atoms with E-state index < -0.39 is 24.5 Å². The molecule has 232 valence electrons. The molecule has 44 heavy (non-hydrogen) atoms. The minimum absolute atomic E-state index is 0.00462. The van der Waals surface area contributed by atoms with Gasteiger partial charge < -0.3 is 19.5 Å². The number of urea groups is 1. The van der Waals surface area contributed by atoms with E-state index in [1.54, 1.807) is 14.2 Å². The molecular weight excluding hydrogens is 558 g/mol. The molecular formula is C35H41N3O6. The van der Waals surface area contributed by atoms with Crippen molar-refractivity contribution >= 4 is 40.5 Å². The number of allylic oxidation sites excluding steroid dienone is 1. The van der Waals surface area contributed by atoms with Crippen molar-refractivity contribution in [1.29, 1.82) is 0 Å². The Morgan fingerprint density at radius 3 is 2.55 bits per heavy atom. The molecule has 1 fully saturated rings. The lowest BCUT2D eigenvalue weighted by atomic mass is 9.78. The van der Waals surface area contributed by atoms with Gasteiger partial charge in [-0.25, -0.2) is 14.6 Å².